The van der Waals surface area contributed by atoms with Crippen molar-refractivity contribution in [1.82, 2.24) is 24.6 Å². The molecule has 8 nitrogen and oxygen atoms in total. The molecule has 4 heterocycles. The lowest BCUT2D eigenvalue weighted by Crippen LogP contribution is -2.50. The summed E-state index contributed by atoms with van der Waals surface area (Å²) in [7, 11) is 1.77. The summed E-state index contributed by atoms with van der Waals surface area (Å²) in [5, 5.41) is 4.14. The van der Waals surface area contributed by atoms with Crippen LogP contribution in [0.25, 0.3) is 0 Å². The number of hydrogen-bond donors (Lipinski definition) is 0. The molecule has 0 bridgehead atoms. The lowest BCUT2D eigenvalue weighted by molar-refractivity contribution is -0.0990. The molecule has 4 rings (SSSR count). The van der Waals surface area contributed by atoms with Crippen LogP contribution in [0.3, 0.4) is 0 Å². The summed E-state index contributed by atoms with van der Waals surface area (Å²) in [5.74, 6) is 0.559. The molecule has 0 saturated carbocycles. The van der Waals surface area contributed by atoms with Crippen LogP contribution in [0.15, 0.2) is 30.9 Å². The fraction of sp³-hybridized carbons (Fsp3) is 0.600. The van der Waals surface area contributed by atoms with E-state index < -0.39 is 0 Å². The van der Waals surface area contributed by atoms with E-state index in [1.807, 2.05) is 17.0 Å². The topological polar surface area (TPSA) is 82.4 Å². The van der Waals surface area contributed by atoms with Gasteiger partial charge in [0.05, 0.1) is 19.8 Å². The Morgan fingerprint density at radius 2 is 2.07 bits per heavy atom. The minimum Gasteiger partial charge on any atom is -0.381 e. The molecule has 28 heavy (non-hydrogen) atoms. The number of aryl methyl sites for hydroxylation is 1. The number of piperidine rings is 1. The molecule has 0 radical (unpaired) electrons. The van der Waals surface area contributed by atoms with Gasteiger partial charge in [-0.15, -0.1) is 5.10 Å². The molecule has 1 spiro atoms. The molecule has 2 aromatic rings. The highest BCUT2D eigenvalue weighted by Crippen LogP contribution is 2.45. The standard InChI is InChI=1S/C20H27N5O3/c1-24-15-22-18(23-24)19(26)25-9-4-20(5-10-25)6-11-27-13-17(20)14-28-12-16-2-7-21-8-3-16/h2-3,7-8,15,17H,4-6,9-14H2,1H3. The average Bonchev–Trinajstić information content (AvgIpc) is 3.17. The third kappa shape index (κ3) is 4.07. The van der Waals surface area contributed by atoms with Gasteiger partial charge in [0.1, 0.15) is 6.33 Å². The minimum atomic E-state index is -0.0759. The molecular formula is C20H27N5O3. The molecule has 150 valence electrons. The fourth-order valence-corrected chi connectivity index (χ4v) is 4.30. The van der Waals surface area contributed by atoms with Crippen molar-refractivity contribution in [3.05, 3.63) is 42.2 Å². The normalized spacial score (nSPS) is 21.8. The molecule has 2 fully saturated rings. The molecule has 2 aromatic heterocycles. The van der Waals surface area contributed by atoms with Crippen molar-refractivity contribution in [1.29, 1.82) is 0 Å². The van der Waals surface area contributed by atoms with E-state index in [1.165, 1.54) is 0 Å². The zero-order chi connectivity index (χ0) is 19.4. The third-order valence-corrected chi connectivity index (χ3v) is 6.10. The number of carbonyl (C=O) groups is 1. The van der Waals surface area contributed by atoms with Gasteiger partial charge in [-0.25, -0.2) is 4.98 Å². The number of nitrogens with zero attached hydrogens (tertiary/aromatic N) is 5. The van der Waals surface area contributed by atoms with Crippen LogP contribution >= 0.6 is 0 Å². The Kier molecular flexibility index (Phi) is 5.68. The quantitative estimate of drug-likeness (QED) is 0.779. The number of pyridine rings is 1. The first kappa shape index (κ1) is 19.0. The van der Waals surface area contributed by atoms with Gasteiger partial charge in [-0.3, -0.25) is 14.5 Å². The van der Waals surface area contributed by atoms with E-state index in [0.29, 0.717) is 19.1 Å². The van der Waals surface area contributed by atoms with Gasteiger partial charge in [-0.1, -0.05) is 0 Å². The number of ether oxygens (including phenoxy) is 2. The molecule has 2 saturated heterocycles. The number of aromatic nitrogens is 4. The van der Waals surface area contributed by atoms with Crippen molar-refractivity contribution in [2.45, 2.75) is 25.9 Å². The van der Waals surface area contributed by atoms with Gasteiger partial charge in [0.15, 0.2) is 0 Å². The monoisotopic (exact) mass is 385 g/mol. The Balaban J connectivity index is 1.34. The van der Waals surface area contributed by atoms with Crippen molar-refractivity contribution in [2.24, 2.45) is 18.4 Å². The molecule has 8 heteroatoms. The molecule has 1 unspecified atom stereocenters. The van der Waals surface area contributed by atoms with Crippen LogP contribution in [0, 0.1) is 11.3 Å². The average molecular weight is 385 g/mol. The van der Waals surface area contributed by atoms with Gasteiger partial charge in [-0.05, 0) is 42.4 Å². The number of rotatable bonds is 5. The van der Waals surface area contributed by atoms with Crippen LogP contribution in [0.5, 0.6) is 0 Å². The van der Waals surface area contributed by atoms with Crippen LogP contribution in [0.2, 0.25) is 0 Å². The largest absolute Gasteiger partial charge is 0.381 e. The first-order valence-electron chi connectivity index (χ1n) is 9.86. The summed E-state index contributed by atoms with van der Waals surface area (Å²) >= 11 is 0. The van der Waals surface area contributed by atoms with Crippen LogP contribution in [0.1, 0.15) is 35.4 Å². The Morgan fingerprint density at radius 3 is 2.79 bits per heavy atom. The van der Waals surface area contributed by atoms with Gasteiger partial charge in [-0.2, -0.15) is 0 Å². The molecule has 0 aliphatic carbocycles. The second-order valence-corrected chi connectivity index (χ2v) is 7.79. The molecular weight excluding hydrogens is 358 g/mol. The lowest BCUT2D eigenvalue weighted by atomic mass is 9.66. The van der Waals surface area contributed by atoms with E-state index in [2.05, 4.69) is 15.1 Å². The van der Waals surface area contributed by atoms with Gasteiger partial charge in [0, 0.05) is 45.1 Å². The zero-order valence-electron chi connectivity index (χ0n) is 16.3. The zero-order valence-corrected chi connectivity index (χ0v) is 16.3. The molecule has 2 aliphatic rings. The number of amides is 1. The minimum absolute atomic E-state index is 0.0759. The summed E-state index contributed by atoms with van der Waals surface area (Å²) in [6.07, 6.45) is 8.10. The summed E-state index contributed by atoms with van der Waals surface area (Å²) < 4.78 is 13.4. The van der Waals surface area contributed by atoms with Crippen molar-refractivity contribution in [3.63, 3.8) is 0 Å². The first-order chi connectivity index (χ1) is 13.7. The van der Waals surface area contributed by atoms with Crippen LogP contribution in [-0.2, 0) is 23.1 Å². The lowest BCUT2D eigenvalue weighted by Gasteiger charge is -2.48. The SMILES string of the molecule is Cn1cnc(C(=O)N2CCC3(CCOCC3COCc3ccncc3)CC2)n1. The van der Waals surface area contributed by atoms with Gasteiger partial charge >= 0.3 is 0 Å². The van der Waals surface area contributed by atoms with E-state index in [9.17, 15) is 4.79 Å². The Bertz CT molecular complexity index is 786. The van der Waals surface area contributed by atoms with E-state index in [1.54, 1.807) is 30.5 Å². The molecule has 0 N–H and O–H groups in total. The van der Waals surface area contributed by atoms with E-state index in [-0.39, 0.29) is 17.1 Å². The maximum Gasteiger partial charge on any atom is 0.293 e. The van der Waals surface area contributed by atoms with Crippen LogP contribution in [-0.4, -0.2) is 63.5 Å². The smallest absolute Gasteiger partial charge is 0.293 e. The van der Waals surface area contributed by atoms with E-state index in [0.717, 1.165) is 51.1 Å². The fourth-order valence-electron chi connectivity index (χ4n) is 4.30. The molecule has 0 aromatic carbocycles. The van der Waals surface area contributed by atoms with E-state index in [4.69, 9.17) is 9.47 Å². The predicted molar refractivity (Wildman–Crippen MR) is 101 cm³/mol. The van der Waals surface area contributed by atoms with Crippen molar-refractivity contribution in [3.8, 4) is 0 Å². The molecule has 2 aliphatic heterocycles. The number of carbonyl (C=O) groups excluding carboxylic acids is 1. The summed E-state index contributed by atoms with van der Waals surface area (Å²) in [4.78, 5) is 22.6. The second-order valence-electron chi connectivity index (χ2n) is 7.79. The van der Waals surface area contributed by atoms with Gasteiger partial charge in [0.2, 0.25) is 5.82 Å². The summed E-state index contributed by atoms with van der Waals surface area (Å²) in [6, 6.07) is 3.95. The highest BCUT2D eigenvalue weighted by molar-refractivity contribution is 5.90. The Morgan fingerprint density at radius 1 is 1.29 bits per heavy atom. The maximum atomic E-state index is 12.6. The highest BCUT2D eigenvalue weighted by Gasteiger charge is 2.44. The molecule has 1 atom stereocenters. The first-order valence-corrected chi connectivity index (χ1v) is 9.86. The number of likely N-dealkylation sites (tertiary alicyclic amines) is 1. The van der Waals surface area contributed by atoms with Crippen molar-refractivity contribution >= 4 is 5.91 Å². The van der Waals surface area contributed by atoms with Crippen LogP contribution in [0.4, 0.5) is 0 Å². The second kappa shape index (κ2) is 8.36. The van der Waals surface area contributed by atoms with Gasteiger partial charge < -0.3 is 14.4 Å². The van der Waals surface area contributed by atoms with Crippen LogP contribution < -0.4 is 0 Å². The molecule has 1 amide bonds. The highest BCUT2D eigenvalue weighted by atomic mass is 16.5. The number of hydrogen-bond acceptors (Lipinski definition) is 6. The Labute approximate surface area is 164 Å². The summed E-state index contributed by atoms with van der Waals surface area (Å²) in [5.41, 5.74) is 1.31. The summed E-state index contributed by atoms with van der Waals surface area (Å²) in [6.45, 7) is 4.25. The van der Waals surface area contributed by atoms with Crippen molar-refractivity contribution in [2.75, 3.05) is 32.9 Å². The van der Waals surface area contributed by atoms with E-state index >= 15 is 0 Å². The maximum absolute atomic E-state index is 12.6. The Hall–Kier alpha value is -2.32. The third-order valence-electron chi connectivity index (χ3n) is 6.10. The van der Waals surface area contributed by atoms with Gasteiger partial charge in [0.25, 0.3) is 5.91 Å². The predicted octanol–water partition coefficient (Wildman–Crippen LogP) is 1.69. The van der Waals surface area contributed by atoms with Crippen molar-refractivity contribution < 1.29 is 14.3 Å².